The lowest BCUT2D eigenvalue weighted by Gasteiger charge is -2.06. The van der Waals surface area contributed by atoms with Crippen LogP contribution in [-0.2, 0) is 12.3 Å². The number of allylic oxidation sites excluding steroid dienone is 1. The summed E-state index contributed by atoms with van der Waals surface area (Å²) in [7, 11) is 0. The maximum atomic E-state index is 5.46. The number of rotatable bonds is 7. The standard InChI is InChI=1S/C20H18N4O2S/c1-3-10-24-19(17-9-11-25-14(17)2)21-22-20(24)27-13-16-12-18(26-23-16)15-7-5-4-6-8-15/h3-9,11-12H,1,10,13H2,2H3. The fraction of sp³-hybridized carbons (Fsp3) is 0.150. The number of hydrogen-bond donors (Lipinski definition) is 0. The fourth-order valence-electron chi connectivity index (χ4n) is 2.76. The zero-order valence-corrected chi connectivity index (χ0v) is 15.6. The van der Waals surface area contributed by atoms with Crippen LogP contribution in [0.15, 0.2) is 75.5 Å². The Hall–Kier alpha value is -3.06. The van der Waals surface area contributed by atoms with Gasteiger partial charge in [-0.15, -0.1) is 16.8 Å². The van der Waals surface area contributed by atoms with Gasteiger partial charge in [-0.3, -0.25) is 4.57 Å². The van der Waals surface area contributed by atoms with Gasteiger partial charge in [-0.1, -0.05) is 53.3 Å². The lowest BCUT2D eigenvalue weighted by Crippen LogP contribution is -2.00. The van der Waals surface area contributed by atoms with Crippen LogP contribution >= 0.6 is 11.8 Å². The Balaban J connectivity index is 1.53. The van der Waals surface area contributed by atoms with Crippen LogP contribution < -0.4 is 0 Å². The highest BCUT2D eigenvalue weighted by molar-refractivity contribution is 7.98. The molecule has 0 aliphatic heterocycles. The summed E-state index contributed by atoms with van der Waals surface area (Å²) in [5.74, 6) is 2.98. The molecule has 27 heavy (non-hydrogen) atoms. The van der Waals surface area contributed by atoms with Crippen molar-refractivity contribution >= 4 is 11.8 Å². The second-order valence-electron chi connectivity index (χ2n) is 5.93. The van der Waals surface area contributed by atoms with E-state index in [9.17, 15) is 0 Å². The predicted octanol–water partition coefficient (Wildman–Crippen LogP) is 4.98. The first kappa shape index (κ1) is 17.4. The summed E-state index contributed by atoms with van der Waals surface area (Å²) in [6, 6.07) is 13.8. The van der Waals surface area contributed by atoms with E-state index in [4.69, 9.17) is 8.94 Å². The van der Waals surface area contributed by atoms with E-state index < -0.39 is 0 Å². The van der Waals surface area contributed by atoms with Crippen molar-refractivity contribution in [1.29, 1.82) is 0 Å². The van der Waals surface area contributed by atoms with Crippen LogP contribution in [0.3, 0.4) is 0 Å². The number of nitrogens with zero attached hydrogens (tertiary/aromatic N) is 4. The van der Waals surface area contributed by atoms with E-state index in [-0.39, 0.29) is 0 Å². The molecule has 0 bridgehead atoms. The van der Waals surface area contributed by atoms with E-state index >= 15 is 0 Å². The molecule has 136 valence electrons. The van der Waals surface area contributed by atoms with Crippen molar-refractivity contribution in [2.75, 3.05) is 0 Å². The molecular formula is C20H18N4O2S. The Morgan fingerprint density at radius 1 is 1.19 bits per heavy atom. The molecule has 0 aliphatic rings. The van der Waals surface area contributed by atoms with Crippen molar-refractivity contribution < 1.29 is 8.94 Å². The summed E-state index contributed by atoms with van der Waals surface area (Å²) >= 11 is 1.56. The van der Waals surface area contributed by atoms with E-state index in [0.717, 1.165) is 39.3 Å². The van der Waals surface area contributed by atoms with E-state index in [2.05, 4.69) is 21.9 Å². The van der Waals surface area contributed by atoms with Crippen LogP contribution in [0.5, 0.6) is 0 Å². The van der Waals surface area contributed by atoms with Gasteiger partial charge in [0.25, 0.3) is 0 Å². The van der Waals surface area contributed by atoms with Crippen LogP contribution in [0, 0.1) is 6.92 Å². The fourth-order valence-corrected chi connectivity index (χ4v) is 3.59. The average molecular weight is 378 g/mol. The van der Waals surface area contributed by atoms with Gasteiger partial charge in [-0.2, -0.15) is 0 Å². The van der Waals surface area contributed by atoms with E-state index in [1.807, 2.05) is 60.0 Å². The molecule has 0 spiro atoms. The lowest BCUT2D eigenvalue weighted by atomic mass is 10.2. The van der Waals surface area contributed by atoms with Gasteiger partial charge in [0.1, 0.15) is 5.76 Å². The van der Waals surface area contributed by atoms with Crippen LogP contribution in [0.1, 0.15) is 11.5 Å². The molecule has 3 heterocycles. The summed E-state index contributed by atoms with van der Waals surface area (Å²) in [6.45, 7) is 6.37. The minimum absolute atomic E-state index is 0.614. The Labute approximate surface area is 160 Å². The van der Waals surface area contributed by atoms with Crippen molar-refractivity contribution in [3.8, 4) is 22.7 Å². The number of hydrogen-bond acceptors (Lipinski definition) is 6. The van der Waals surface area contributed by atoms with Crippen molar-refractivity contribution in [1.82, 2.24) is 19.9 Å². The number of furan rings is 1. The molecular weight excluding hydrogens is 360 g/mol. The first-order valence-electron chi connectivity index (χ1n) is 8.48. The molecule has 0 saturated carbocycles. The van der Waals surface area contributed by atoms with Gasteiger partial charge in [0.05, 0.1) is 17.5 Å². The summed E-state index contributed by atoms with van der Waals surface area (Å²) in [5.41, 5.74) is 2.80. The molecule has 0 aliphatic carbocycles. The smallest absolute Gasteiger partial charge is 0.192 e. The number of aromatic nitrogens is 4. The highest BCUT2D eigenvalue weighted by Crippen LogP contribution is 2.29. The van der Waals surface area contributed by atoms with Gasteiger partial charge in [-0.25, -0.2) is 0 Å². The topological polar surface area (TPSA) is 69.9 Å². The molecule has 0 radical (unpaired) electrons. The van der Waals surface area contributed by atoms with E-state index in [0.29, 0.717) is 12.3 Å². The summed E-state index contributed by atoms with van der Waals surface area (Å²) in [6.07, 6.45) is 3.49. The Bertz CT molecular complexity index is 1050. The maximum absolute atomic E-state index is 5.46. The molecule has 1 aromatic carbocycles. The molecule has 0 N–H and O–H groups in total. The van der Waals surface area contributed by atoms with Gasteiger partial charge in [0.2, 0.25) is 0 Å². The van der Waals surface area contributed by atoms with Gasteiger partial charge < -0.3 is 8.94 Å². The van der Waals surface area contributed by atoms with Crippen molar-refractivity contribution in [2.24, 2.45) is 0 Å². The van der Waals surface area contributed by atoms with Gasteiger partial charge in [0.15, 0.2) is 16.7 Å². The van der Waals surface area contributed by atoms with Crippen molar-refractivity contribution in [3.05, 3.63) is 72.8 Å². The molecule has 0 atom stereocenters. The van der Waals surface area contributed by atoms with Gasteiger partial charge >= 0.3 is 0 Å². The predicted molar refractivity (Wildman–Crippen MR) is 104 cm³/mol. The third-order valence-corrected chi connectivity index (χ3v) is 5.09. The van der Waals surface area contributed by atoms with Crippen molar-refractivity contribution in [3.63, 3.8) is 0 Å². The molecule has 0 unspecified atom stereocenters. The Kier molecular flexibility index (Phi) is 4.93. The largest absolute Gasteiger partial charge is 0.469 e. The monoisotopic (exact) mass is 378 g/mol. The zero-order valence-electron chi connectivity index (χ0n) is 14.8. The SMILES string of the molecule is C=CCn1c(SCc2cc(-c3ccccc3)on2)nnc1-c1ccoc1C. The van der Waals surface area contributed by atoms with Crippen LogP contribution in [-0.4, -0.2) is 19.9 Å². The normalized spacial score (nSPS) is 11.0. The highest BCUT2D eigenvalue weighted by atomic mass is 32.2. The molecule has 6 nitrogen and oxygen atoms in total. The first-order valence-corrected chi connectivity index (χ1v) is 9.47. The summed E-state index contributed by atoms with van der Waals surface area (Å²) in [5, 5.41) is 13.6. The molecule has 7 heteroatoms. The second kappa shape index (κ2) is 7.67. The molecule has 4 rings (SSSR count). The molecule has 3 aromatic heterocycles. The minimum Gasteiger partial charge on any atom is -0.469 e. The third kappa shape index (κ3) is 3.59. The summed E-state index contributed by atoms with van der Waals surface area (Å²) < 4.78 is 12.9. The molecule has 4 aromatic rings. The third-order valence-electron chi connectivity index (χ3n) is 4.09. The van der Waals surface area contributed by atoms with Gasteiger partial charge in [0, 0.05) is 23.9 Å². The average Bonchev–Trinajstić information content (AvgIpc) is 3.41. The lowest BCUT2D eigenvalue weighted by molar-refractivity contribution is 0.426. The van der Waals surface area contributed by atoms with Crippen LogP contribution in [0.25, 0.3) is 22.7 Å². The van der Waals surface area contributed by atoms with Crippen LogP contribution in [0.4, 0.5) is 0 Å². The molecule has 0 amide bonds. The van der Waals surface area contributed by atoms with E-state index in [1.54, 1.807) is 18.0 Å². The van der Waals surface area contributed by atoms with Crippen LogP contribution in [0.2, 0.25) is 0 Å². The number of aryl methyl sites for hydroxylation is 1. The highest BCUT2D eigenvalue weighted by Gasteiger charge is 2.17. The van der Waals surface area contributed by atoms with Crippen molar-refractivity contribution in [2.45, 2.75) is 24.4 Å². The number of thioether (sulfide) groups is 1. The van der Waals surface area contributed by atoms with Gasteiger partial charge in [-0.05, 0) is 13.0 Å². The number of benzene rings is 1. The quantitative estimate of drug-likeness (QED) is 0.334. The first-order chi connectivity index (χ1) is 13.3. The van der Waals surface area contributed by atoms with E-state index in [1.165, 1.54) is 0 Å². The second-order valence-corrected chi connectivity index (χ2v) is 6.88. The maximum Gasteiger partial charge on any atom is 0.192 e. The summed E-state index contributed by atoms with van der Waals surface area (Å²) in [4.78, 5) is 0. The molecule has 0 saturated heterocycles. The minimum atomic E-state index is 0.614. The Morgan fingerprint density at radius 3 is 2.78 bits per heavy atom. The molecule has 0 fully saturated rings. The zero-order chi connectivity index (χ0) is 18.6. The Morgan fingerprint density at radius 2 is 2.04 bits per heavy atom.